The Balaban J connectivity index is 2.67. The number of nitro groups is 1. The number of imidazole rings is 1. The molecule has 1 aromatic heterocycles. The second-order valence-electron chi connectivity index (χ2n) is 2.36. The number of H-pyrrole nitrogens is 1. The molecule has 0 aliphatic heterocycles. The van der Waals surface area contributed by atoms with Crippen LogP contribution in [0.2, 0.25) is 0 Å². The van der Waals surface area contributed by atoms with Gasteiger partial charge in [-0.15, -0.1) is 0 Å². The Morgan fingerprint density at radius 3 is 3.27 bits per heavy atom. The first-order chi connectivity index (χ1) is 7.25. The van der Waals surface area contributed by atoms with Crippen LogP contribution in [0.25, 0.3) is 10.4 Å². The van der Waals surface area contributed by atoms with E-state index in [2.05, 4.69) is 31.8 Å². The lowest BCUT2D eigenvalue weighted by molar-refractivity contribution is -0.389. The summed E-state index contributed by atoms with van der Waals surface area (Å²) in [5.41, 5.74) is 8.05. The van der Waals surface area contributed by atoms with Gasteiger partial charge in [0.2, 0.25) is 5.69 Å². The van der Waals surface area contributed by atoms with Crippen molar-refractivity contribution < 1.29 is 4.92 Å². The molecule has 0 unspecified atom stereocenters. The molecule has 0 aliphatic carbocycles. The molecule has 1 rings (SSSR count). The summed E-state index contributed by atoms with van der Waals surface area (Å²) in [5, 5.41) is 13.7. The summed E-state index contributed by atoms with van der Waals surface area (Å²) in [5.74, 6) is 4.90. The fourth-order valence-corrected chi connectivity index (χ4v) is 0.815. The molecule has 0 saturated heterocycles. The Labute approximate surface area is 84.1 Å². The van der Waals surface area contributed by atoms with Crippen molar-refractivity contribution in [2.24, 2.45) is 5.11 Å². The summed E-state index contributed by atoms with van der Waals surface area (Å²) in [6, 6.07) is 0. The maximum Gasteiger partial charge on any atom is 0.356 e. The zero-order valence-corrected chi connectivity index (χ0v) is 7.54. The lowest BCUT2D eigenvalue weighted by atomic mass is 10.4. The first-order valence-electron chi connectivity index (χ1n) is 3.93. The zero-order chi connectivity index (χ0) is 11.1. The van der Waals surface area contributed by atoms with E-state index in [0.717, 1.165) is 0 Å². The van der Waals surface area contributed by atoms with Crippen molar-refractivity contribution in [2.75, 3.05) is 6.54 Å². The van der Waals surface area contributed by atoms with Crippen molar-refractivity contribution in [1.82, 2.24) is 9.97 Å². The summed E-state index contributed by atoms with van der Waals surface area (Å²) in [6.45, 7) is 0.238. The Hall–Kier alpha value is -2.52. The summed E-state index contributed by atoms with van der Waals surface area (Å²) in [6.07, 6.45) is 1.55. The highest BCUT2D eigenvalue weighted by Gasteiger charge is 2.11. The number of nitrogens with one attached hydrogen (secondary N) is 1. The predicted molar refractivity (Wildman–Crippen MR) is 50.8 cm³/mol. The van der Waals surface area contributed by atoms with Crippen molar-refractivity contribution in [2.45, 2.75) is 6.42 Å². The molecule has 0 aliphatic rings. The van der Waals surface area contributed by atoms with Crippen LogP contribution in [0.4, 0.5) is 5.82 Å². The number of nitrogens with zero attached hydrogens (tertiary/aromatic N) is 5. The number of aromatic amines is 1. The summed E-state index contributed by atoms with van der Waals surface area (Å²) in [7, 11) is 0. The molecule has 0 saturated carbocycles. The van der Waals surface area contributed by atoms with Gasteiger partial charge in [-0.3, -0.25) is 0 Å². The van der Waals surface area contributed by atoms with Crippen LogP contribution in [0.1, 0.15) is 12.1 Å². The van der Waals surface area contributed by atoms with Crippen molar-refractivity contribution in [3.8, 4) is 11.8 Å². The molecule has 1 N–H and O–H groups in total. The minimum Gasteiger partial charge on any atom is -0.358 e. The first-order valence-corrected chi connectivity index (χ1v) is 3.93. The quantitative estimate of drug-likeness (QED) is 0.153. The van der Waals surface area contributed by atoms with E-state index in [4.69, 9.17) is 5.53 Å². The third kappa shape index (κ3) is 3.02. The standard InChI is InChI=1S/C7H6N6O2/c8-12-11-4-2-1-3-6-7(13(14)15)10-5-9-6/h5H,2,4H2,(H,9,10). The molecule has 0 aromatic carbocycles. The zero-order valence-electron chi connectivity index (χ0n) is 7.54. The average Bonchev–Trinajstić information content (AvgIpc) is 2.66. The van der Waals surface area contributed by atoms with Crippen LogP contribution in [0.3, 0.4) is 0 Å². The minimum absolute atomic E-state index is 0.0842. The summed E-state index contributed by atoms with van der Waals surface area (Å²) in [4.78, 5) is 18.4. The second-order valence-corrected chi connectivity index (χ2v) is 2.36. The Morgan fingerprint density at radius 2 is 2.60 bits per heavy atom. The largest absolute Gasteiger partial charge is 0.358 e. The second kappa shape index (κ2) is 5.26. The van der Waals surface area contributed by atoms with Gasteiger partial charge < -0.3 is 10.1 Å². The number of azide groups is 1. The van der Waals surface area contributed by atoms with E-state index in [9.17, 15) is 10.1 Å². The van der Waals surface area contributed by atoms with E-state index in [-0.39, 0.29) is 18.1 Å². The van der Waals surface area contributed by atoms with E-state index in [1.165, 1.54) is 6.33 Å². The molecular weight excluding hydrogens is 200 g/mol. The number of hydrogen-bond acceptors (Lipinski definition) is 4. The van der Waals surface area contributed by atoms with Crippen LogP contribution >= 0.6 is 0 Å². The minimum atomic E-state index is -0.593. The SMILES string of the molecule is [N-]=[N+]=NCCC#Cc1nc[nH]c1[N+](=O)[O-]. The molecule has 1 heterocycles. The van der Waals surface area contributed by atoms with Crippen LogP contribution in [-0.4, -0.2) is 21.4 Å². The molecule has 1 aromatic rings. The van der Waals surface area contributed by atoms with Crippen molar-refractivity contribution in [3.05, 3.63) is 32.6 Å². The van der Waals surface area contributed by atoms with E-state index in [1.54, 1.807) is 0 Å². The van der Waals surface area contributed by atoms with Gasteiger partial charge >= 0.3 is 5.82 Å². The molecule has 0 fully saturated rings. The Kier molecular flexibility index (Phi) is 3.70. The highest BCUT2D eigenvalue weighted by Crippen LogP contribution is 2.09. The van der Waals surface area contributed by atoms with Gasteiger partial charge in [-0.25, -0.2) is 4.98 Å². The number of rotatable bonds is 3. The molecule has 8 nitrogen and oxygen atoms in total. The Bertz CT molecular complexity index is 461. The third-order valence-corrected chi connectivity index (χ3v) is 1.41. The topological polar surface area (TPSA) is 121 Å². The fraction of sp³-hybridized carbons (Fsp3) is 0.286. The smallest absolute Gasteiger partial charge is 0.356 e. The summed E-state index contributed by atoms with van der Waals surface area (Å²) < 4.78 is 0. The first kappa shape index (κ1) is 10.6. The monoisotopic (exact) mass is 206 g/mol. The molecule has 0 spiro atoms. The van der Waals surface area contributed by atoms with E-state index in [1.807, 2.05) is 0 Å². The normalized spacial score (nSPS) is 8.53. The van der Waals surface area contributed by atoms with Crippen molar-refractivity contribution in [1.29, 1.82) is 0 Å². The van der Waals surface area contributed by atoms with E-state index >= 15 is 0 Å². The molecule has 0 radical (unpaired) electrons. The third-order valence-electron chi connectivity index (χ3n) is 1.41. The van der Waals surface area contributed by atoms with Crippen LogP contribution in [0.5, 0.6) is 0 Å². The number of hydrogen-bond donors (Lipinski definition) is 1. The molecule has 76 valence electrons. The predicted octanol–water partition coefficient (Wildman–Crippen LogP) is 1.37. The van der Waals surface area contributed by atoms with Gasteiger partial charge in [0.15, 0.2) is 6.33 Å². The lowest BCUT2D eigenvalue weighted by Gasteiger charge is -1.88. The van der Waals surface area contributed by atoms with Crippen molar-refractivity contribution >= 4 is 5.82 Å². The molecule has 0 amide bonds. The van der Waals surface area contributed by atoms with E-state index in [0.29, 0.717) is 6.42 Å². The summed E-state index contributed by atoms with van der Waals surface area (Å²) >= 11 is 0. The maximum absolute atomic E-state index is 10.4. The van der Waals surface area contributed by atoms with Gasteiger partial charge in [0, 0.05) is 17.9 Å². The van der Waals surface area contributed by atoms with Gasteiger partial charge in [0.25, 0.3) is 0 Å². The Morgan fingerprint density at radius 1 is 1.80 bits per heavy atom. The van der Waals surface area contributed by atoms with Gasteiger partial charge in [-0.05, 0) is 16.4 Å². The highest BCUT2D eigenvalue weighted by molar-refractivity contribution is 5.40. The molecule has 0 atom stereocenters. The van der Waals surface area contributed by atoms with Crippen LogP contribution in [0.15, 0.2) is 11.4 Å². The fourth-order valence-electron chi connectivity index (χ4n) is 0.815. The van der Waals surface area contributed by atoms with Gasteiger partial charge in [-0.2, -0.15) is 4.98 Å². The van der Waals surface area contributed by atoms with Crippen LogP contribution in [-0.2, 0) is 0 Å². The van der Waals surface area contributed by atoms with Crippen molar-refractivity contribution in [3.63, 3.8) is 0 Å². The van der Waals surface area contributed by atoms with E-state index < -0.39 is 4.92 Å². The van der Waals surface area contributed by atoms with Gasteiger partial charge in [-0.1, -0.05) is 11.0 Å². The highest BCUT2D eigenvalue weighted by atomic mass is 16.6. The average molecular weight is 206 g/mol. The molecule has 0 bridgehead atoms. The lowest BCUT2D eigenvalue weighted by Crippen LogP contribution is -1.90. The molecule has 15 heavy (non-hydrogen) atoms. The van der Waals surface area contributed by atoms with Gasteiger partial charge in [0.05, 0.1) is 0 Å². The maximum atomic E-state index is 10.4. The molecular formula is C7H6N6O2. The van der Waals surface area contributed by atoms with Crippen LogP contribution in [0, 0.1) is 22.0 Å². The molecule has 8 heteroatoms. The number of aromatic nitrogens is 2. The van der Waals surface area contributed by atoms with Gasteiger partial charge in [0.1, 0.15) is 0 Å². The van der Waals surface area contributed by atoms with Crippen LogP contribution < -0.4 is 0 Å².